The first-order chi connectivity index (χ1) is 20.0. The van der Waals surface area contributed by atoms with Crippen molar-refractivity contribution >= 4 is 0 Å². The fourth-order valence-electron chi connectivity index (χ4n) is 5.93. The van der Waals surface area contributed by atoms with Gasteiger partial charge in [-0.15, -0.1) is 0 Å². The van der Waals surface area contributed by atoms with Crippen LogP contribution in [0.3, 0.4) is 0 Å². The number of aliphatic hydroxyl groups is 1. The summed E-state index contributed by atoms with van der Waals surface area (Å²) in [5.41, 5.74) is 4.69. The van der Waals surface area contributed by atoms with Crippen LogP contribution in [0.2, 0.25) is 0 Å². The average molecular weight is 536 g/mol. The molecule has 0 amide bonds. The molecule has 0 bridgehead atoms. The molecule has 0 aliphatic rings. The summed E-state index contributed by atoms with van der Waals surface area (Å²) in [6.07, 6.45) is 7.49. The highest BCUT2D eigenvalue weighted by molar-refractivity contribution is 5.64. The van der Waals surface area contributed by atoms with E-state index in [1.165, 1.54) is 0 Å². The number of hydrogen-bond acceptors (Lipinski definition) is 3. The van der Waals surface area contributed by atoms with E-state index in [9.17, 15) is 5.11 Å². The number of nitrogens with zero attached hydrogens (tertiary/aromatic N) is 3. The Labute approximate surface area is 241 Å². The molecule has 4 heteroatoms. The topological polar surface area (TPSA) is 50.9 Å². The molecule has 41 heavy (non-hydrogen) atoms. The van der Waals surface area contributed by atoms with Gasteiger partial charge < -0.3 is 9.67 Å². The van der Waals surface area contributed by atoms with Gasteiger partial charge in [-0.3, -0.25) is 4.98 Å². The summed E-state index contributed by atoms with van der Waals surface area (Å²) in [6.45, 7) is 4.07. The molecule has 1 N–H and O–H groups in total. The molecule has 2 heterocycles. The zero-order valence-electron chi connectivity index (χ0n) is 23.3. The highest BCUT2D eigenvalue weighted by Crippen LogP contribution is 2.43. The van der Waals surface area contributed by atoms with Crippen molar-refractivity contribution in [2.24, 2.45) is 5.92 Å². The summed E-state index contributed by atoms with van der Waals surface area (Å²) >= 11 is 0. The Balaban J connectivity index is 1.57. The Morgan fingerprint density at radius 1 is 0.634 bits per heavy atom. The Morgan fingerprint density at radius 3 is 1.68 bits per heavy atom. The van der Waals surface area contributed by atoms with Crippen molar-refractivity contribution in [2.75, 3.05) is 0 Å². The summed E-state index contributed by atoms with van der Waals surface area (Å²) in [7, 11) is 0. The summed E-state index contributed by atoms with van der Waals surface area (Å²) < 4.78 is 2.15. The molecule has 6 aromatic rings. The molecule has 0 spiro atoms. The molecule has 0 saturated carbocycles. The van der Waals surface area contributed by atoms with Crippen molar-refractivity contribution in [1.29, 1.82) is 0 Å². The average Bonchev–Trinajstić information content (AvgIpc) is 3.54. The third-order valence-electron chi connectivity index (χ3n) is 8.07. The second-order valence-electron chi connectivity index (χ2n) is 10.7. The summed E-state index contributed by atoms with van der Waals surface area (Å²) in [5.74, 6) is -0.144. The van der Waals surface area contributed by atoms with Gasteiger partial charge >= 0.3 is 0 Å². The summed E-state index contributed by atoms with van der Waals surface area (Å²) in [6, 6.07) is 43.5. The van der Waals surface area contributed by atoms with E-state index >= 15 is 0 Å². The van der Waals surface area contributed by atoms with E-state index in [-0.39, 0.29) is 5.92 Å². The lowest BCUT2D eigenvalue weighted by atomic mass is 9.76. The maximum atomic E-state index is 12.5. The maximum Gasteiger partial charge on any atom is 0.135 e. The number of hydrogen-bond donors (Lipinski definition) is 1. The first kappa shape index (κ1) is 26.4. The fraction of sp³-hybridized carbons (Fsp3) is 0.135. The van der Waals surface area contributed by atoms with Crippen molar-refractivity contribution in [3.63, 3.8) is 0 Å². The number of imidazole rings is 1. The summed E-state index contributed by atoms with van der Waals surface area (Å²) in [5, 5.41) is 12.5. The molecule has 0 saturated heterocycles. The van der Waals surface area contributed by atoms with E-state index in [1.54, 1.807) is 6.20 Å². The third kappa shape index (κ3) is 4.56. The van der Waals surface area contributed by atoms with Crippen LogP contribution in [0.1, 0.15) is 41.8 Å². The van der Waals surface area contributed by atoms with E-state index in [1.807, 2.05) is 81.1 Å². The summed E-state index contributed by atoms with van der Waals surface area (Å²) in [4.78, 5) is 9.22. The SMILES string of the molecule is CC(C)C(O)(c1cccc(-c2cccnc2)c1)c1cn(C(c2ccccc2)(c2ccccc2)c2ccccc2)cn1. The van der Waals surface area contributed by atoms with Crippen LogP contribution in [0.5, 0.6) is 0 Å². The molecule has 0 radical (unpaired) electrons. The smallest absolute Gasteiger partial charge is 0.135 e. The number of aromatic nitrogens is 3. The Hall–Kier alpha value is -4.80. The lowest BCUT2D eigenvalue weighted by Gasteiger charge is -2.37. The predicted octanol–water partition coefficient (Wildman–Crippen LogP) is 7.68. The minimum absolute atomic E-state index is 0.144. The molecule has 4 nitrogen and oxygen atoms in total. The van der Waals surface area contributed by atoms with Crippen molar-refractivity contribution in [3.8, 4) is 11.1 Å². The van der Waals surface area contributed by atoms with Crippen LogP contribution in [0.25, 0.3) is 11.1 Å². The normalized spacial score (nSPS) is 13.2. The van der Waals surface area contributed by atoms with Gasteiger partial charge in [0.15, 0.2) is 0 Å². The van der Waals surface area contributed by atoms with Crippen molar-refractivity contribution in [2.45, 2.75) is 25.0 Å². The molecule has 4 aromatic carbocycles. The highest BCUT2D eigenvalue weighted by atomic mass is 16.3. The monoisotopic (exact) mass is 535 g/mol. The second kappa shape index (κ2) is 11.0. The molecule has 1 unspecified atom stereocenters. The van der Waals surface area contributed by atoms with Crippen molar-refractivity contribution < 1.29 is 5.11 Å². The third-order valence-corrected chi connectivity index (χ3v) is 8.07. The van der Waals surface area contributed by atoms with E-state index in [0.717, 1.165) is 33.4 Å². The Morgan fingerprint density at radius 2 is 1.17 bits per heavy atom. The van der Waals surface area contributed by atoms with Crippen LogP contribution < -0.4 is 0 Å². The molecule has 1 atom stereocenters. The molecular formula is C37H33N3O. The lowest BCUT2D eigenvalue weighted by Crippen LogP contribution is -2.37. The van der Waals surface area contributed by atoms with Crippen LogP contribution >= 0.6 is 0 Å². The maximum absolute atomic E-state index is 12.5. The van der Waals surface area contributed by atoms with E-state index in [0.29, 0.717) is 5.69 Å². The van der Waals surface area contributed by atoms with Gasteiger partial charge in [-0.2, -0.15) is 0 Å². The van der Waals surface area contributed by atoms with Gasteiger partial charge in [0.2, 0.25) is 0 Å². The Bertz CT molecular complexity index is 1620. The highest BCUT2D eigenvalue weighted by Gasteiger charge is 2.42. The zero-order valence-corrected chi connectivity index (χ0v) is 23.3. The first-order valence-corrected chi connectivity index (χ1v) is 14.0. The molecule has 2 aromatic heterocycles. The van der Waals surface area contributed by atoms with Crippen LogP contribution in [0, 0.1) is 5.92 Å². The predicted molar refractivity (Wildman–Crippen MR) is 164 cm³/mol. The van der Waals surface area contributed by atoms with E-state index in [2.05, 4.69) is 88.4 Å². The van der Waals surface area contributed by atoms with Crippen LogP contribution in [-0.2, 0) is 11.1 Å². The molecular weight excluding hydrogens is 502 g/mol. The molecule has 0 aliphatic carbocycles. The largest absolute Gasteiger partial charge is 0.378 e. The van der Waals surface area contributed by atoms with Gasteiger partial charge in [0.05, 0.1) is 12.0 Å². The van der Waals surface area contributed by atoms with Crippen LogP contribution in [0.15, 0.2) is 152 Å². The zero-order chi connectivity index (χ0) is 28.3. The minimum atomic E-state index is -1.32. The molecule has 202 valence electrons. The van der Waals surface area contributed by atoms with E-state index < -0.39 is 11.1 Å². The molecule has 0 aliphatic heterocycles. The number of rotatable bonds is 8. The van der Waals surface area contributed by atoms with Gasteiger partial charge in [-0.1, -0.05) is 129 Å². The minimum Gasteiger partial charge on any atom is -0.378 e. The van der Waals surface area contributed by atoms with Gasteiger partial charge in [0, 0.05) is 18.6 Å². The van der Waals surface area contributed by atoms with Crippen molar-refractivity contribution in [1.82, 2.24) is 14.5 Å². The molecule has 6 rings (SSSR count). The van der Waals surface area contributed by atoms with Crippen LogP contribution in [-0.4, -0.2) is 19.6 Å². The lowest BCUT2D eigenvalue weighted by molar-refractivity contribution is 0.0278. The van der Waals surface area contributed by atoms with Crippen LogP contribution in [0.4, 0.5) is 0 Å². The number of benzene rings is 4. The standard InChI is InChI=1S/C37H33N3O/c1-28(2)37(41,34-22-12-14-29(24-34)30-15-13-23-38-25-30)35-26-40(27-39-35)36(31-16-6-3-7-17-31,32-18-8-4-9-19-32)33-20-10-5-11-21-33/h3-28,41H,1-2H3. The second-order valence-corrected chi connectivity index (χ2v) is 10.7. The Kier molecular flexibility index (Phi) is 7.08. The van der Waals surface area contributed by atoms with E-state index in [4.69, 9.17) is 4.98 Å². The van der Waals surface area contributed by atoms with Gasteiger partial charge in [0.25, 0.3) is 0 Å². The van der Waals surface area contributed by atoms with Crippen molar-refractivity contribution in [3.05, 3.63) is 180 Å². The van der Waals surface area contributed by atoms with Gasteiger partial charge in [0.1, 0.15) is 11.1 Å². The fourth-order valence-corrected chi connectivity index (χ4v) is 5.93. The first-order valence-electron chi connectivity index (χ1n) is 14.0. The quantitative estimate of drug-likeness (QED) is 0.203. The van der Waals surface area contributed by atoms with Gasteiger partial charge in [-0.25, -0.2) is 4.98 Å². The molecule has 0 fully saturated rings. The van der Waals surface area contributed by atoms with Gasteiger partial charge in [-0.05, 0) is 51.4 Å². The number of pyridine rings is 1.